The number of fused-ring (bicyclic) bond motifs is 1. The Morgan fingerprint density at radius 1 is 1.30 bits per heavy atom. The molecule has 0 fully saturated rings. The van der Waals surface area contributed by atoms with Gasteiger partial charge < -0.3 is 14.5 Å². The van der Waals surface area contributed by atoms with Crippen LogP contribution >= 0.6 is 0 Å². The quantitative estimate of drug-likeness (QED) is 0.708. The summed E-state index contributed by atoms with van der Waals surface area (Å²) in [5, 5.41) is 7.43. The van der Waals surface area contributed by atoms with E-state index in [1.54, 1.807) is 25.6 Å². The molecule has 2 heterocycles. The van der Waals surface area contributed by atoms with E-state index >= 15 is 0 Å². The first kappa shape index (κ1) is 18.6. The van der Waals surface area contributed by atoms with Crippen LogP contribution in [0.25, 0.3) is 11.0 Å². The molecule has 2 aromatic heterocycles. The van der Waals surface area contributed by atoms with Crippen molar-refractivity contribution in [3.63, 3.8) is 0 Å². The summed E-state index contributed by atoms with van der Waals surface area (Å²) >= 11 is 0. The third-order valence-corrected chi connectivity index (χ3v) is 4.49. The summed E-state index contributed by atoms with van der Waals surface area (Å²) in [6, 6.07) is 3.97. The van der Waals surface area contributed by atoms with Gasteiger partial charge in [0, 0.05) is 18.0 Å². The minimum atomic E-state index is -1.05. The van der Waals surface area contributed by atoms with Gasteiger partial charge in [0.15, 0.2) is 6.10 Å². The van der Waals surface area contributed by atoms with Gasteiger partial charge in [-0.15, -0.1) is 0 Å². The average Bonchev–Trinajstić information content (AvgIpc) is 3.06. The van der Waals surface area contributed by atoms with Crippen LogP contribution in [0.5, 0.6) is 0 Å². The van der Waals surface area contributed by atoms with E-state index in [-0.39, 0.29) is 5.76 Å². The van der Waals surface area contributed by atoms with E-state index in [9.17, 15) is 14.0 Å². The normalized spacial score (nSPS) is 12.2. The predicted molar refractivity (Wildman–Crippen MR) is 97.1 cm³/mol. The van der Waals surface area contributed by atoms with Crippen LogP contribution in [0.2, 0.25) is 0 Å². The summed E-state index contributed by atoms with van der Waals surface area (Å²) in [5.74, 6) is -1.75. The fraction of sp³-hybridized carbons (Fsp3) is 0.316. The number of rotatable bonds is 4. The number of amides is 1. The van der Waals surface area contributed by atoms with E-state index in [0.29, 0.717) is 27.9 Å². The number of furan rings is 1. The average molecular weight is 373 g/mol. The van der Waals surface area contributed by atoms with Crippen LogP contribution in [-0.2, 0) is 16.6 Å². The lowest BCUT2D eigenvalue weighted by Crippen LogP contribution is -2.30. The SMILES string of the molecule is Cc1nn(C)c(C)c1NC(=O)[C@H](C)OC(=O)c1oc2ccc(F)cc2c1C. The molecule has 1 aromatic carbocycles. The number of esters is 1. The zero-order valence-electron chi connectivity index (χ0n) is 15.7. The van der Waals surface area contributed by atoms with Gasteiger partial charge >= 0.3 is 5.97 Å². The van der Waals surface area contributed by atoms with Gasteiger partial charge in [-0.2, -0.15) is 5.10 Å². The van der Waals surface area contributed by atoms with E-state index in [0.717, 1.165) is 5.69 Å². The third-order valence-electron chi connectivity index (χ3n) is 4.49. The van der Waals surface area contributed by atoms with Gasteiger partial charge in [-0.05, 0) is 45.9 Å². The molecule has 27 heavy (non-hydrogen) atoms. The maximum absolute atomic E-state index is 13.4. The number of nitrogens with zero attached hydrogens (tertiary/aromatic N) is 2. The largest absolute Gasteiger partial charge is 0.449 e. The summed E-state index contributed by atoms with van der Waals surface area (Å²) in [7, 11) is 1.77. The van der Waals surface area contributed by atoms with Crippen molar-refractivity contribution in [2.75, 3.05) is 5.32 Å². The van der Waals surface area contributed by atoms with Crippen molar-refractivity contribution in [3.05, 3.63) is 46.7 Å². The number of aryl methyl sites for hydroxylation is 3. The summed E-state index contributed by atoms with van der Waals surface area (Å²) in [6.07, 6.45) is -1.05. The maximum Gasteiger partial charge on any atom is 0.375 e. The minimum Gasteiger partial charge on any atom is -0.449 e. The summed E-state index contributed by atoms with van der Waals surface area (Å²) in [4.78, 5) is 24.8. The Morgan fingerprint density at radius 2 is 2.00 bits per heavy atom. The van der Waals surface area contributed by atoms with Crippen LogP contribution in [0.15, 0.2) is 22.6 Å². The van der Waals surface area contributed by atoms with Gasteiger partial charge in [-0.3, -0.25) is 9.48 Å². The highest BCUT2D eigenvalue weighted by molar-refractivity contribution is 5.99. The van der Waals surface area contributed by atoms with Crippen LogP contribution in [0.3, 0.4) is 0 Å². The molecule has 7 nitrogen and oxygen atoms in total. The highest BCUT2D eigenvalue weighted by Gasteiger charge is 2.25. The molecule has 0 saturated heterocycles. The van der Waals surface area contributed by atoms with E-state index in [2.05, 4.69) is 10.4 Å². The summed E-state index contributed by atoms with van der Waals surface area (Å²) in [5.41, 5.74) is 2.87. The van der Waals surface area contributed by atoms with E-state index < -0.39 is 23.8 Å². The Hall–Kier alpha value is -3.16. The smallest absolute Gasteiger partial charge is 0.375 e. The van der Waals surface area contributed by atoms with Gasteiger partial charge in [0.1, 0.15) is 11.4 Å². The van der Waals surface area contributed by atoms with Gasteiger partial charge in [0.2, 0.25) is 5.76 Å². The molecule has 0 spiro atoms. The van der Waals surface area contributed by atoms with E-state index in [4.69, 9.17) is 9.15 Å². The highest BCUT2D eigenvalue weighted by Crippen LogP contribution is 2.27. The molecule has 0 unspecified atom stereocenters. The molecule has 1 amide bonds. The van der Waals surface area contributed by atoms with Crippen molar-refractivity contribution in [3.8, 4) is 0 Å². The number of ether oxygens (including phenoxy) is 1. The Labute approximate surface area is 155 Å². The molecule has 0 bridgehead atoms. The van der Waals surface area contributed by atoms with Crippen LogP contribution in [0, 0.1) is 26.6 Å². The number of hydrogen-bond acceptors (Lipinski definition) is 5. The maximum atomic E-state index is 13.4. The van der Waals surface area contributed by atoms with Crippen LogP contribution in [-0.4, -0.2) is 27.8 Å². The zero-order chi connectivity index (χ0) is 19.9. The molecule has 1 atom stereocenters. The van der Waals surface area contributed by atoms with Crippen LogP contribution < -0.4 is 5.32 Å². The lowest BCUT2D eigenvalue weighted by molar-refractivity contribution is -0.123. The lowest BCUT2D eigenvalue weighted by Gasteiger charge is -2.13. The van der Waals surface area contributed by atoms with Crippen molar-refractivity contribution >= 4 is 28.5 Å². The Balaban J connectivity index is 1.75. The molecular formula is C19H20FN3O4. The molecule has 3 rings (SSSR count). The molecule has 0 aliphatic carbocycles. The fourth-order valence-electron chi connectivity index (χ4n) is 2.83. The minimum absolute atomic E-state index is 0.0519. The Bertz CT molecular complexity index is 1050. The number of anilines is 1. The number of nitrogens with one attached hydrogen (secondary N) is 1. The monoisotopic (exact) mass is 373 g/mol. The first-order valence-corrected chi connectivity index (χ1v) is 8.39. The van der Waals surface area contributed by atoms with Gasteiger partial charge in [-0.25, -0.2) is 9.18 Å². The van der Waals surface area contributed by atoms with Gasteiger partial charge in [0.25, 0.3) is 5.91 Å². The lowest BCUT2D eigenvalue weighted by atomic mass is 10.1. The zero-order valence-corrected chi connectivity index (χ0v) is 15.7. The number of benzene rings is 1. The Morgan fingerprint density at radius 3 is 2.63 bits per heavy atom. The number of carbonyl (C=O) groups excluding carboxylic acids is 2. The van der Waals surface area contributed by atoms with Crippen LogP contribution in [0.1, 0.15) is 34.4 Å². The Kier molecular flexibility index (Phi) is 4.73. The predicted octanol–water partition coefficient (Wildman–Crippen LogP) is 3.41. The van der Waals surface area contributed by atoms with Crippen molar-refractivity contribution in [1.82, 2.24) is 9.78 Å². The van der Waals surface area contributed by atoms with E-state index in [1.165, 1.54) is 25.1 Å². The molecule has 0 radical (unpaired) electrons. The number of carbonyl (C=O) groups is 2. The molecule has 0 aliphatic rings. The molecular weight excluding hydrogens is 353 g/mol. The second kappa shape index (κ2) is 6.86. The van der Waals surface area contributed by atoms with Crippen molar-refractivity contribution in [1.29, 1.82) is 0 Å². The van der Waals surface area contributed by atoms with Gasteiger partial charge in [-0.1, -0.05) is 0 Å². The molecule has 0 saturated carbocycles. The first-order chi connectivity index (χ1) is 12.7. The van der Waals surface area contributed by atoms with Gasteiger partial charge in [0.05, 0.1) is 17.1 Å². The second-order valence-electron chi connectivity index (χ2n) is 6.40. The van der Waals surface area contributed by atoms with Crippen molar-refractivity contribution < 1.29 is 23.1 Å². The highest BCUT2D eigenvalue weighted by atomic mass is 19.1. The molecule has 142 valence electrons. The first-order valence-electron chi connectivity index (χ1n) is 8.39. The number of aromatic nitrogens is 2. The molecule has 3 aromatic rings. The molecule has 8 heteroatoms. The topological polar surface area (TPSA) is 86.4 Å². The molecule has 1 N–H and O–H groups in total. The second-order valence-corrected chi connectivity index (χ2v) is 6.40. The molecule has 0 aliphatic heterocycles. The van der Waals surface area contributed by atoms with E-state index in [1.807, 2.05) is 6.92 Å². The fourth-order valence-corrected chi connectivity index (χ4v) is 2.83. The van der Waals surface area contributed by atoms with Crippen molar-refractivity contribution in [2.45, 2.75) is 33.8 Å². The standard InChI is InChI=1S/C19H20FN3O4/c1-9-14-8-13(20)6-7-15(14)27-17(9)19(25)26-12(4)18(24)21-16-10(2)22-23(5)11(16)3/h6-8,12H,1-5H3,(H,21,24)/t12-/m0/s1. The third kappa shape index (κ3) is 3.42. The van der Waals surface area contributed by atoms with Crippen molar-refractivity contribution in [2.24, 2.45) is 7.05 Å². The number of halogens is 1. The number of hydrogen-bond donors (Lipinski definition) is 1. The summed E-state index contributed by atoms with van der Waals surface area (Å²) < 4.78 is 25.8. The van der Waals surface area contributed by atoms with Crippen LogP contribution in [0.4, 0.5) is 10.1 Å². The summed E-state index contributed by atoms with van der Waals surface area (Å²) in [6.45, 7) is 6.69.